The molecule has 1 aliphatic rings. The first-order chi connectivity index (χ1) is 10.5. The number of piperidine rings is 1. The van der Waals surface area contributed by atoms with Crippen molar-refractivity contribution in [2.75, 3.05) is 23.7 Å². The fourth-order valence-electron chi connectivity index (χ4n) is 2.39. The van der Waals surface area contributed by atoms with E-state index < -0.39 is 0 Å². The van der Waals surface area contributed by atoms with Crippen LogP contribution >= 0.6 is 27.3 Å². The first-order valence-corrected chi connectivity index (χ1v) is 8.63. The summed E-state index contributed by atoms with van der Waals surface area (Å²) >= 11 is 4.63. The van der Waals surface area contributed by atoms with Gasteiger partial charge in [0.15, 0.2) is 5.01 Å². The molecule has 3 rings (SSSR count). The van der Waals surface area contributed by atoms with Crippen molar-refractivity contribution in [1.29, 1.82) is 0 Å². The molecule has 0 aliphatic carbocycles. The van der Waals surface area contributed by atoms with Gasteiger partial charge in [-0.05, 0) is 34.8 Å². The summed E-state index contributed by atoms with van der Waals surface area (Å²) in [5.74, 6) is 0.854. The van der Waals surface area contributed by atoms with E-state index in [4.69, 9.17) is 11.5 Å². The number of rotatable bonds is 3. The van der Waals surface area contributed by atoms with Gasteiger partial charge in [0.05, 0.1) is 5.56 Å². The molecule has 0 radical (unpaired) electrons. The number of hydrogen-bond acceptors (Lipinski definition) is 7. The molecular formula is C14H20BrN5OS. The van der Waals surface area contributed by atoms with Gasteiger partial charge in [-0.25, -0.2) is 9.97 Å². The highest BCUT2D eigenvalue weighted by molar-refractivity contribution is 9.10. The first-order valence-electron chi connectivity index (χ1n) is 6.96. The van der Waals surface area contributed by atoms with Gasteiger partial charge in [-0.1, -0.05) is 0 Å². The highest BCUT2D eigenvalue weighted by atomic mass is 79.9. The quantitative estimate of drug-likeness (QED) is 0.787. The van der Waals surface area contributed by atoms with Gasteiger partial charge in [-0.15, -0.1) is 11.3 Å². The molecule has 0 atom stereocenters. The number of ketones is 1. The Bertz CT molecular complexity index is 706. The molecule has 120 valence electrons. The number of nitrogens with two attached hydrogens (primary N) is 2. The lowest BCUT2D eigenvalue weighted by Gasteiger charge is -2.30. The van der Waals surface area contributed by atoms with Crippen molar-refractivity contribution >= 4 is 44.7 Å². The average Bonchev–Trinajstić information content (AvgIpc) is 2.99. The lowest BCUT2D eigenvalue weighted by Crippen LogP contribution is -2.39. The molecule has 22 heavy (non-hydrogen) atoms. The van der Waals surface area contributed by atoms with Crippen molar-refractivity contribution < 1.29 is 7.65 Å². The van der Waals surface area contributed by atoms with Crippen LogP contribution in [0.25, 0.3) is 0 Å². The second kappa shape index (κ2) is 6.31. The molecule has 4 N–H and O–H groups in total. The summed E-state index contributed by atoms with van der Waals surface area (Å²) in [6.07, 6.45) is 3.46. The van der Waals surface area contributed by atoms with Gasteiger partial charge >= 0.3 is 0 Å². The summed E-state index contributed by atoms with van der Waals surface area (Å²) < 4.78 is 0.715. The number of halogens is 1. The van der Waals surface area contributed by atoms with E-state index in [-0.39, 0.29) is 20.5 Å². The number of hydrogen-bond donors (Lipinski definition) is 2. The average molecular weight is 386 g/mol. The smallest absolute Gasteiger partial charge is 0.225 e. The molecule has 0 unspecified atom stereocenters. The van der Waals surface area contributed by atoms with Crippen molar-refractivity contribution in [3.63, 3.8) is 0 Å². The lowest BCUT2D eigenvalue weighted by atomic mass is 10.1. The minimum Gasteiger partial charge on any atom is -0.383 e. The summed E-state index contributed by atoms with van der Waals surface area (Å²) in [5, 5.41) is 2.34. The zero-order valence-corrected chi connectivity index (χ0v) is 14.2. The first kappa shape index (κ1) is 15.4. The van der Waals surface area contributed by atoms with Crippen molar-refractivity contribution in [1.82, 2.24) is 9.97 Å². The minimum atomic E-state index is -0.198. The fourth-order valence-corrected chi connectivity index (χ4v) is 3.50. The van der Waals surface area contributed by atoms with Gasteiger partial charge < -0.3 is 16.4 Å². The van der Waals surface area contributed by atoms with Crippen LogP contribution in [0.2, 0.25) is 0 Å². The van der Waals surface area contributed by atoms with Crippen molar-refractivity contribution in [2.45, 2.75) is 18.9 Å². The predicted molar refractivity (Wildman–Crippen MR) is 95.5 cm³/mol. The van der Waals surface area contributed by atoms with Crippen LogP contribution in [0, 0.1) is 0 Å². The van der Waals surface area contributed by atoms with Crippen LogP contribution in [0.15, 0.2) is 22.1 Å². The number of carbonyl (C=O) groups excluding carboxylic acids is 1. The fraction of sp³-hybridized carbons (Fsp3) is 0.357. The van der Waals surface area contributed by atoms with Gasteiger partial charge in [-0.2, -0.15) is 0 Å². The normalized spacial score (nSPS) is 16.0. The van der Waals surface area contributed by atoms with E-state index in [0.29, 0.717) is 15.0 Å². The molecule has 3 heterocycles. The summed E-state index contributed by atoms with van der Waals surface area (Å²) in [6.45, 7) is 1.75. The number of aromatic nitrogens is 2. The van der Waals surface area contributed by atoms with Gasteiger partial charge in [0, 0.05) is 38.0 Å². The van der Waals surface area contributed by atoms with Crippen LogP contribution in [0.1, 0.15) is 31.1 Å². The van der Waals surface area contributed by atoms with E-state index >= 15 is 0 Å². The zero-order valence-electron chi connectivity index (χ0n) is 11.8. The molecule has 0 amide bonds. The second-order valence-electron chi connectivity index (χ2n) is 5.25. The van der Waals surface area contributed by atoms with Crippen molar-refractivity contribution in [3.05, 3.63) is 32.7 Å². The maximum Gasteiger partial charge on any atom is 0.225 e. The van der Waals surface area contributed by atoms with Crippen LogP contribution in [0.4, 0.5) is 11.6 Å². The Balaban J connectivity index is 0.00000144. The van der Waals surface area contributed by atoms with Gasteiger partial charge in [-0.3, -0.25) is 4.79 Å². The zero-order chi connectivity index (χ0) is 15.7. The molecule has 2 aromatic heterocycles. The third-order valence-corrected chi connectivity index (χ3v) is 4.94. The Morgan fingerprint density at radius 3 is 2.91 bits per heavy atom. The standard InChI is InChI=1S/C14H16BrN5OS.2H2/c15-8-5-10(13(17)18-6-8)12(21)14-19-11(7-22-14)20-3-1-9(16)2-4-20;;/h5-7,9H,1-4,16H2,(H2,17,18);2*1H. The van der Waals surface area contributed by atoms with Crippen molar-refractivity contribution in [2.24, 2.45) is 5.73 Å². The summed E-state index contributed by atoms with van der Waals surface area (Å²) in [4.78, 5) is 23.2. The third-order valence-electron chi connectivity index (χ3n) is 3.68. The molecule has 6 nitrogen and oxygen atoms in total. The van der Waals surface area contributed by atoms with Gasteiger partial charge in [0.1, 0.15) is 11.6 Å². The predicted octanol–water partition coefficient (Wildman–Crippen LogP) is 2.53. The van der Waals surface area contributed by atoms with Crippen LogP contribution in [-0.2, 0) is 0 Å². The minimum absolute atomic E-state index is 0. The Kier molecular flexibility index (Phi) is 4.42. The summed E-state index contributed by atoms with van der Waals surface area (Å²) in [6, 6.07) is 1.94. The highest BCUT2D eigenvalue weighted by Crippen LogP contribution is 2.25. The van der Waals surface area contributed by atoms with Crippen LogP contribution < -0.4 is 16.4 Å². The van der Waals surface area contributed by atoms with Gasteiger partial charge in [0.25, 0.3) is 0 Å². The van der Waals surface area contributed by atoms with E-state index in [0.717, 1.165) is 31.7 Å². The van der Waals surface area contributed by atoms with Crippen LogP contribution in [-0.4, -0.2) is 34.9 Å². The number of carbonyl (C=O) groups is 1. The number of pyridine rings is 1. The number of nitrogen functional groups attached to an aromatic ring is 1. The van der Waals surface area contributed by atoms with Crippen LogP contribution in [0.3, 0.4) is 0 Å². The molecule has 1 fully saturated rings. The van der Waals surface area contributed by atoms with E-state index in [2.05, 4.69) is 30.8 Å². The number of anilines is 2. The molecule has 0 aromatic carbocycles. The molecule has 8 heteroatoms. The molecular weight excluding hydrogens is 366 g/mol. The maximum atomic E-state index is 12.5. The molecule has 0 spiro atoms. The molecule has 2 aromatic rings. The highest BCUT2D eigenvalue weighted by Gasteiger charge is 2.22. The Labute approximate surface area is 143 Å². The Morgan fingerprint density at radius 1 is 1.45 bits per heavy atom. The number of thiazole rings is 1. The van der Waals surface area contributed by atoms with E-state index in [1.54, 1.807) is 12.3 Å². The number of nitrogens with zero attached hydrogens (tertiary/aromatic N) is 3. The Morgan fingerprint density at radius 2 is 2.18 bits per heavy atom. The molecule has 0 bridgehead atoms. The SMILES string of the molecule is Nc1ncc(Br)cc1C(=O)c1nc(N2CCC(N)CC2)cs1.[HH].[HH]. The van der Waals surface area contributed by atoms with E-state index in [1.807, 2.05) is 5.38 Å². The van der Waals surface area contributed by atoms with E-state index in [1.165, 1.54) is 11.3 Å². The van der Waals surface area contributed by atoms with Gasteiger partial charge in [0.2, 0.25) is 5.78 Å². The molecule has 1 saturated heterocycles. The topological polar surface area (TPSA) is 98.1 Å². The second-order valence-corrected chi connectivity index (χ2v) is 7.02. The summed E-state index contributed by atoms with van der Waals surface area (Å²) in [7, 11) is 0. The largest absolute Gasteiger partial charge is 0.383 e. The molecule has 1 aliphatic heterocycles. The lowest BCUT2D eigenvalue weighted by molar-refractivity contribution is 0.103. The summed E-state index contributed by atoms with van der Waals surface area (Å²) in [5.41, 5.74) is 12.1. The maximum absolute atomic E-state index is 12.5. The monoisotopic (exact) mass is 385 g/mol. The molecule has 0 saturated carbocycles. The van der Waals surface area contributed by atoms with Crippen molar-refractivity contribution in [3.8, 4) is 0 Å². The Hall–Kier alpha value is -1.51. The van der Waals surface area contributed by atoms with E-state index in [9.17, 15) is 4.79 Å². The van der Waals surface area contributed by atoms with Crippen LogP contribution in [0.5, 0.6) is 0 Å². The third kappa shape index (κ3) is 3.13.